The van der Waals surface area contributed by atoms with Crippen LogP contribution in [0.1, 0.15) is 16.1 Å². The fourth-order valence-corrected chi connectivity index (χ4v) is 2.91. The van der Waals surface area contributed by atoms with Crippen molar-refractivity contribution in [2.75, 3.05) is 0 Å². The number of carbonyl (C=O) groups is 1. The van der Waals surface area contributed by atoms with E-state index in [0.29, 0.717) is 10.6 Å². The quantitative estimate of drug-likeness (QED) is 0.418. The highest BCUT2D eigenvalue weighted by molar-refractivity contribution is 6.30. The van der Waals surface area contributed by atoms with E-state index in [9.17, 15) is 4.79 Å². The van der Waals surface area contributed by atoms with Crippen LogP contribution in [0.25, 0.3) is 21.7 Å². The Kier molecular flexibility index (Phi) is 3.96. The summed E-state index contributed by atoms with van der Waals surface area (Å²) in [5.74, 6) is -0.187. The maximum atomic E-state index is 12.3. The minimum atomic E-state index is -0.404. The zero-order chi connectivity index (χ0) is 17.2. The van der Waals surface area contributed by atoms with Gasteiger partial charge in [-0.3, -0.25) is 4.79 Å². The lowest BCUT2D eigenvalue weighted by Crippen LogP contribution is -2.16. The third kappa shape index (κ3) is 3.12. The lowest BCUT2D eigenvalue weighted by Gasteiger charge is -1.96. The number of hydrazone groups is 1. The molecule has 25 heavy (non-hydrogen) atoms. The van der Waals surface area contributed by atoms with Gasteiger partial charge < -0.3 is 4.42 Å². The molecule has 0 fully saturated rings. The summed E-state index contributed by atoms with van der Waals surface area (Å²) in [7, 11) is 0. The first kappa shape index (κ1) is 15.4. The Morgan fingerprint density at radius 3 is 2.76 bits per heavy atom. The molecule has 5 heteroatoms. The molecule has 0 aliphatic carbocycles. The number of fused-ring (bicyclic) bond motifs is 3. The first-order valence-electron chi connectivity index (χ1n) is 7.71. The summed E-state index contributed by atoms with van der Waals surface area (Å²) in [4.78, 5) is 12.3. The minimum Gasteiger partial charge on any atom is -0.451 e. The Morgan fingerprint density at radius 2 is 1.88 bits per heavy atom. The number of rotatable bonds is 3. The molecule has 0 radical (unpaired) electrons. The molecule has 4 aromatic rings. The molecule has 0 bridgehead atoms. The molecule has 0 saturated carbocycles. The van der Waals surface area contributed by atoms with Gasteiger partial charge in [0.2, 0.25) is 0 Å². The molecule has 4 nitrogen and oxygen atoms in total. The van der Waals surface area contributed by atoms with E-state index in [-0.39, 0.29) is 5.76 Å². The van der Waals surface area contributed by atoms with E-state index < -0.39 is 5.91 Å². The van der Waals surface area contributed by atoms with Crippen LogP contribution in [0.15, 0.2) is 76.2 Å². The van der Waals surface area contributed by atoms with Gasteiger partial charge in [0.05, 0.1) is 6.21 Å². The first-order chi connectivity index (χ1) is 12.2. The monoisotopic (exact) mass is 348 g/mol. The molecule has 0 unspecified atom stereocenters. The molecule has 1 aromatic heterocycles. The second kappa shape index (κ2) is 6.42. The zero-order valence-corrected chi connectivity index (χ0v) is 13.8. The Balaban J connectivity index is 1.59. The number of hydrogen-bond acceptors (Lipinski definition) is 3. The van der Waals surface area contributed by atoms with Gasteiger partial charge in [0.1, 0.15) is 5.58 Å². The predicted molar refractivity (Wildman–Crippen MR) is 100 cm³/mol. The second-order valence-electron chi connectivity index (χ2n) is 5.56. The van der Waals surface area contributed by atoms with E-state index in [1.807, 2.05) is 48.5 Å². The van der Waals surface area contributed by atoms with Crippen LogP contribution in [0.4, 0.5) is 0 Å². The molecule has 4 rings (SSSR count). The molecule has 1 N–H and O–H groups in total. The summed E-state index contributed by atoms with van der Waals surface area (Å²) >= 11 is 5.91. The highest BCUT2D eigenvalue weighted by Gasteiger charge is 2.13. The van der Waals surface area contributed by atoms with E-state index >= 15 is 0 Å². The van der Waals surface area contributed by atoms with Crippen LogP contribution in [-0.2, 0) is 0 Å². The topological polar surface area (TPSA) is 54.6 Å². The van der Waals surface area contributed by atoms with Crippen LogP contribution in [0.3, 0.4) is 0 Å². The lowest BCUT2D eigenvalue weighted by atomic mass is 10.1. The van der Waals surface area contributed by atoms with Crippen LogP contribution in [0, 0.1) is 0 Å². The number of hydrogen-bond donors (Lipinski definition) is 1. The van der Waals surface area contributed by atoms with Gasteiger partial charge in [-0.25, -0.2) is 5.43 Å². The fraction of sp³-hybridized carbons (Fsp3) is 0. The average Bonchev–Trinajstić information content (AvgIpc) is 3.07. The summed E-state index contributed by atoms with van der Waals surface area (Å²) in [6.45, 7) is 0. The van der Waals surface area contributed by atoms with Gasteiger partial charge in [-0.2, -0.15) is 5.10 Å². The normalized spacial score (nSPS) is 11.4. The van der Waals surface area contributed by atoms with Crippen molar-refractivity contribution < 1.29 is 9.21 Å². The van der Waals surface area contributed by atoms with Crippen molar-refractivity contribution >= 4 is 45.5 Å². The van der Waals surface area contributed by atoms with E-state index in [1.54, 1.807) is 18.2 Å². The SMILES string of the molecule is O=C(N/N=C/c1cccc(Cl)c1)c1cc2c(ccc3ccccc32)o1. The van der Waals surface area contributed by atoms with Gasteiger partial charge in [-0.1, -0.05) is 54.1 Å². The van der Waals surface area contributed by atoms with Crippen LogP contribution in [0.2, 0.25) is 5.02 Å². The zero-order valence-electron chi connectivity index (χ0n) is 13.1. The smallest absolute Gasteiger partial charge is 0.307 e. The number of nitrogens with one attached hydrogen (secondary N) is 1. The first-order valence-corrected chi connectivity index (χ1v) is 8.09. The summed E-state index contributed by atoms with van der Waals surface area (Å²) in [6.07, 6.45) is 1.53. The second-order valence-corrected chi connectivity index (χ2v) is 6.00. The molecule has 0 aliphatic heterocycles. The number of carbonyl (C=O) groups excluding carboxylic acids is 1. The summed E-state index contributed by atoms with van der Waals surface area (Å²) in [6, 6.07) is 20.7. The number of benzene rings is 3. The third-order valence-electron chi connectivity index (χ3n) is 3.88. The molecular formula is C20H13ClN2O2. The van der Waals surface area contributed by atoms with Crippen LogP contribution in [-0.4, -0.2) is 12.1 Å². The summed E-state index contributed by atoms with van der Waals surface area (Å²) in [5, 5.41) is 7.61. The van der Waals surface area contributed by atoms with Crippen molar-refractivity contribution in [1.82, 2.24) is 5.43 Å². The third-order valence-corrected chi connectivity index (χ3v) is 4.11. The molecule has 3 aromatic carbocycles. The molecule has 0 aliphatic rings. The molecule has 1 amide bonds. The molecule has 1 heterocycles. The van der Waals surface area contributed by atoms with E-state index in [1.165, 1.54) is 6.21 Å². The largest absolute Gasteiger partial charge is 0.451 e. The predicted octanol–water partition coefficient (Wildman–Crippen LogP) is 5.00. The number of amides is 1. The summed E-state index contributed by atoms with van der Waals surface area (Å²) < 4.78 is 5.65. The molecular weight excluding hydrogens is 336 g/mol. The number of halogens is 1. The standard InChI is InChI=1S/C20H13ClN2O2/c21-15-6-3-4-13(10-15)12-22-23-20(24)19-11-17-16-7-2-1-5-14(16)8-9-18(17)25-19/h1-12H,(H,23,24)/b22-12+. The number of nitrogens with zero attached hydrogens (tertiary/aromatic N) is 1. The maximum Gasteiger partial charge on any atom is 0.307 e. The average molecular weight is 349 g/mol. The van der Waals surface area contributed by atoms with Gasteiger partial charge in [0, 0.05) is 10.4 Å². The Labute approximate surface area is 148 Å². The number of furan rings is 1. The van der Waals surface area contributed by atoms with Crippen LogP contribution >= 0.6 is 11.6 Å². The van der Waals surface area contributed by atoms with Gasteiger partial charge >= 0.3 is 5.91 Å². The van der Waals surface area contributed by atoms with Gasteiger partial charge in [0.15, 0.2) is 5.76 Å². The Bertz CT molecular complexity index is 1120. The Hall–Kier alpha value is -3.11. The highest BCUT2D eigenvalue weighted by Crippen LogP contribution is 2.28. The molecule has 0 atom stereocenters. The van der Waals surface area contributed by atoms with Crippen molar-refractivity contribution in [3.05, 3.63) is 83.1 Å². The highest BCUT2D eigenvalue weighted by atomic mass is 35.5. The van der Waals surface area contributed by atoms with E-state index in [2.05, 4.69) is 10.5 Å². The fourth-order valence-electron chi connectivity index (χ4n) is 2.71. The summed E-state index contributed by atoms with van der Waals surface area (Å²) in [5.41, 5.74) is 3.93. The molecule has 0 spiro atoms. The molecule has 0 saturated heterocycles. The van der Waals surface area contributed by atoms with Crippen molar-refractivity contribution in [1.29, 1.82) is 0 Å². The van der Waals surface area contributed by atoms with Gasteiger partial charge in [-0.15, -0.1) is 0 Å². The molecule has 122 valence electrons. The van der Waals surface area contributed by atoms with Crippen molar-refractivity contribution in [3.63, 3.8) is 0 Å². The van der Waals surface area contributed by atoms with Crippen molar-refractivity contribution in [3.8, 4) is 0 Å². The van der Waals surface area contributed by atoms with Crippen LogP contribution < -0.4 is 5.43 Å². The Morgan fingerprint density at radius 1 is 1.00 bits per heavy atom. The lowest BCUT2D eigenvalue weighted by molar-refractivity contribution is 0.0929. The maximum absolute atomic E-state index is 12.3. The van der Waals surface area contributed by atoms with E-state index in [4.69, 9.17) is 16.0 Å². The van der Waals surface area contributed by atoms with Crippen LogP contribution in [0.5, 0.6) is 0 Å². The minimum absolute atomic E-state index is 0.217. The van der Waals surface area contributed by atoms with Gasteiger partial charge in [-0.05, 0) is 40.6 Å². The van der Waals surface area contributed by atoms with E-state index in [0.717, 1.165) is 21.7 Å². The van der Waals surface area contributed by atoms with Gasteiger partial charge in [0.25, 0.3) is 0 Å². The van der Waals surface area contributed by atoms with Crippen molar-refractivity contribution in [2.24, 2.45) is 5.10 Å². The van der Waals surface area contributed by atoms with Crippen molar-refractivity contribution in [2.45, 2.75) is 0 Å².